The van der Waals surface area contributed by atoms with Gasteiger partial charge in [-0.25, -0.2) is 19.7 Å². The molecule has 0 aliphatic carbocycles. The fraction of sp³-hybridized carbons (Fsp3) is 0. The van der Waals surface area contributed by atoms with Crippen LogP contribution in [-0.2, 0) is 0 Å². The quantitative estimate of drug-likeness (QED) is 0.521. The van der Waals surface area contributed by atoms with Gasteiger partial charge < -0.3 is 0 Å². The lowest BCUT2D eigenvalue weighted by Crippen LogP contribution is -1.93. The summed E-state index contributed by atoms with van der Waals surface area (Å²) in [5.41, 5.74) is 2.02. The summed E-state index contributed by atoms with van der Waals surface area (Å²) in [6, 6.07) is 1.92. The van der Waals surface area contributed by atoms with Crippen LogP contribution in [0.3, 0.4) is 0 Å². The fourth-order valence-electron chi connectivity index (χ4n) is 1.30. The normalized spacial score (nSPS) is 11.3. The molecule has 3 rings (SSSR count). The first-order valence-electron chi connectivity index (χ1n) is 3.56. The van der Waals surface area contributed by atoms with Crippen LogP contribution in [-0.4, -0.2) is 24.8 Å². The lowest BCUT2D eigenvalue weighted by molar-refractivity contribution is 0.834. The Kier molecular flexibility index (Phi) is 0.864. The predicted molar refractivity (Wildman–Crippen MR) is 41.8 cm³/mol. The van der Waals surface area contributed by atoms with E-state index < -0.39 is 0 Å². The minimum Gasteiger partial charge on any atom is -0.236 e. The molecular weight excluding hydrogens is 154 g/mol. The predicted octanol–water partition coefficient (Wildman–Crippen LogP) is 0.557. The number of aromatic amines is 1. The summed E-state index contributed by atoms with van der Waals surface area (Å²) in [6.45, 7) is 0. The number of nitrogens with one attached hydrogen (secondary N) is 1. The molecule has 0 amide bonds. The van der Waals surface area contributed by atoms with Crippen molar-refractivity contribution in [2.24, 2.45) is 0 Å². The largest absolute Gasteiger partial charge is 0.236 e. The number of rotatable bonds is 0. The van der Waals surface area contributed by atoms with Crippen molar-refractivity contribution in [2.45, 2.75) is 0 Å². The summed E-state index contributed by atoms with van der Waals surface area (Å²) in [6.07, 6.45) is 5.16. The van der Waals surface area contributed by atoms with E-state index in [0.717, 1.165) is 16.9 Å². The molecule has 0 aromatic carbocycles. The van der Waals surface area contributed by atoms with Gasteiger partial charge in [0.2, 0.25) is 0 Å². The van der Waals surface area contributed by atoms with Crippen molar-refractivity contribution in [3.63, 3.8) is 0 Å². The van der Waals surface area contributed by atoms with Crippen LogP contribution >= 0.6 is 0 Å². The van der Waals surface area contributed by atoms with Gasteiger partial charge in [-0.05, 0) is 6.07 Å². The number of hydrogen-bond acceptors (Lipinski definition) is 3. The van der Waals surface area contributed by atoms with Gasteiger partial charge in [0.15, 0.2) is 5.82 Å². The standard InChI is InChI=1S/C7H5N5/c1-2-8-7-5(1)6-3-10-11-12(6)4-9-7/h1-4,11H. The van der Waals surface area contributed by atoms with Gasteiger partial charge >= 0.3 is 0 Å². The molecule has 1 N–H and O–H groups in total. The highest BCUT2D eigenvalue weighted by atomic mass is 15.4. The Morgan fingerprint density at radius 1 is 1.33 bits per heavy atom. The third kappa shape index (κ3) is 0.554. The Bertz CT molecular complexity index is 493. The molecule has 0 spiro atoms. The van der Waals surface area contributed by atoms with Crippen molar-refractivity contribution in [1.82, 2.24) is 24.8 Å². The van der Waals surface area contributed by atoms with Crippen LogP contribution in [0.5, 0.6) is 0 Å². The van der Waals surface area contributed by atoms with Crippen LogP contribution < -0.4 is 0 Å². The van der Waals surface area contributed by atoms with Crippen LogP contribution in [0.4, 0.5) is 0 Å². The molecule has 0 saturated carbocycles. The molecular formula is C7H5N5. The van der Waals surface area contributed by atoms with Crippen molar-refractivity contribution in [3.05, 3.63) is 24.8 Å². The maximum Gasteiger partial charge on any atom is 0.163 e. The van der Waals surface area contributed by atoms with Crippen LogP contribution in [0.25, 0.3) is 16.9 Å². The third-order valence-corrected chi connectivity index (χ3v) is 1.86. The number of hydrogen-bond donors (Lipinski definition) is 1. The maximum absolute atomic E-state index is 4.12. The summed E-state index contributed by atoms with van der Waals surface area (Å²) in [7, 11) is 0. The topological polar surface area (TPSA) is 58.9 Å². The molecule has 2 aliphatic rings. The van der Waals surface area contributed by atoms with Gasteiger partial charge in [-0.2, -0.15) is 5.10 Å². The highest BCUT2D eigenvalue weighted by molar-refractivity contribution is 5.75. The molecule has 12 heavy (non-hydrogen) atoms. The van der Waals surface area contributed by atoms with Crippen LogP contribution in [0, 0.1) is 0 Å². The molecule has 0 bridgehead atoms. The zero-order valence-corrected chi connectivity index (χ0v) is 6.10. The summed E-state index contributed by atoms with van der Waals surface area (Å²) in [4.78, 5) is 8.20. The van der Waals surface area contributed by atoms with Crippen molar-refractivity contribution >= 4 is 5.52 Å². The van der Waals surface area contributed by atoms with E-state index in [1.165, 1.54) is 0 Å². The van der Waals surface area contributed by atoms with Crippen molar-refractivity contribution < 1.29 is 0 Å². The monoisotopic (exact) mass is 159 g/mol. The molecule has 3 heterocycles. The molecule has 1 aromatic heterocycles. The first-order valence-corrected chi connectivity index (χ1v) is 3.56. The molecule has 0 radical (unpaired) electrons. The highest BCUT2D eigenvalue weighted by Crippen LogP contribution is 2.20. The molecule has 58 valence electrons. The first kappa shape index (κ1) is 5.70. The lowest BCUT2D eigenvalue weighted by atomic mass is 10.2. The van der Waals surface area contributed by atoms with Gasteiger partial charge in [-0.15, -0.1) is 0 Å². The van der Waals surface area contributed by atoms with Crippen LogP contribution in [0.1, 0.15) is 0 Å². The summed E-state index contributed by atoms with van der Waals surface area (Å²) >= 11 is 0. The summed E-state index contributed by atoms with van der Waals surface area (Å²) in [5, 5.41) is 6.68. The van der Waals surface area contributed by atoms with Gasteiger partial charge in [-0.1, -0.05) is 0 Å². The van der Waals surface area contributed by atoms with Crippen molar-refractivity contribution in [1.29, 1.82) is 0 Å². The fourth-order valence-corrected chi connectivity index (χ4v) is 1.30. The maximum atomic E-state index is 4.12. The lowest BCUT2D eigenvalue weighted by Gasteiger charge is -1.96. The van der Waals surface area contributed by atoms with Gasteiger partial charge in [0.25, 0.3) is 0 Å². The van der Waals surface area contributed by atoms with E-state index >= 15 is 0 Å². The molecule has 1 aromatic rings. The molecule has 0 saturated heterocycles. The minimum atomic E-state index is 0.761. The Morgan fingerprint density at radius 3 is 3.33 bits per heavy atom. The second-order valence-corrected chi connectivity index (χ2v) is 2.54. The second kappa shape index (κ2) is 1.82. The second-order valence-electron chi connectivity index (χ2n) is 2.54. The third-order valence-electron chi connectivity index (χ3n) is 1.86. The molecule has 0 atom stereocenters. The zero-order chi connectivity index (χ0) is 7.97. The van der Waals surface area contributed by atoms with Gasteiger partial charge in [0.1, 0.15) is 6.33 Å². The summed E-state index contributed by atoms with van der Waals surface area (Å²) in [5.74, 6) is 0.761. The van der Waals surface area contributed by atoms with Gasteiger partial charge in [-0.3, -0.25) is 0 Å². The van der Waals surface area contributed by atoms with Gasteiger partial charge in [0.05, 0.1) is 11.7 Å². The molecule has 5 nitrogen and oxygen atoms in total. The van der Waals surface area contributed by atoms with Crippen molar-refractivity contribution in [2.75, 3.05) is 0 Å². The van der Waals surface area contributed by atoms with E-state index in [1.54, 1.807) is 23.2 Å². The number of nitrogens with zero attached hydrogens (tertiary/aromatic N) is 4. The highest BCUT2D eigenvalue weighted by Gasteiger charge is 2.09. The smallest absolute Gasteiger partial charge is 0.163 e. The average Bonchev–Trinajstić information content (AvgIpc) is 2.71. The number of fused-ring (bicyclic) bond motifs is 3. The zero-order valence-electron chi connectivity index (χ0n) is 6.10. The van der Waals surface area contributed by atoms with E-state index in [-0.39, 0.29) is 0 Å². The minimum absolute atomic E-state index is 0.761. The van der Waals surface area contributed by atoms with Crippen LogP contribution in [0.2, 0.25) is 0 Å². The number of H-pyrrole nitrogens is 1. The average molecular weight is 159 g/mol. The first-order chi connectivity index (χ1) is 5.95. The Balaban J connectivity index is 2.61. The van der Waals surface area contributed by atoms with Crippen LogP contribution in [0.15, 0.2) is 24.8 Å². The van der Waals surface area contributed by atoms with E-state index in [1.807, 2.05) is 6.07 Å². The van der Waals surface area contributed by atoms with E-state index in [0.29, 0.717) is 0 Å². The Labute approximate surface area is 67.4 Å². The molecule has 0 unspecified atom stereocenters. The van der Waals surface area contributed by atoms with Crippen molar-refractivity contribution in [3.8, 4) is 11.4 Å². The Hall–Kier alpha value is -1.91. The SMILES string of the molecule is c1cc2c3cn[nH]n3cnc-2n1. The van der Waals surface area contributed by atoms with E-state index in [9.17, 15) is 0 Å². The van der Waals surface area contributed by atoms with E-state index in [4.69, 9.17) is 0 Å². The number of aromatic nitrogens is 5. The van der Waals surface area contributed by atoms with E-state index in [2.05, 4.69) is 20.3 Å². The summed E-state index contributed by atoms with van der Waals surface area (Å²) < 4.78 is 1.75. The molecule has 0 fully saturated rings. The molecule has 2 aliphatic heterocycles. The van der Waals surface area contributed by atoms with Gasteiger partial charge in [0, 0.05) is 11.8 Å². The molecule has 5 heteroatoms. The Morgan fingerprint density at radius 2 is 2.33 bits per heavy atom.